The molecule has 0 amide bonds. The minimum atomic E-state index is 0.269. The highest BCUT2D eigenvalue weighted by atomic mass is 16.1. The molecule has 0 aromatic rings. The van der Waals surface area contributed by atoms with E-state index in [0.29, 0.717) is 5.78 Å². The van der Waals surface area contributed by atoms with E-state index in [4.69, 9.17) is 0 Å². The highest BCUT2D eigenvalue weighted by Gasteiger charge is 2.52. The van der Waals surface area contributed by atoms with Crippen molar-refractivity contribution in [2.45, 2.75) is 19.4 Å². The van der Waals surface area contributed by atoms with Gasteiger partial charge in [-0.2, -0.15) is 0 Å². The van der Waals surface area contributed by atoms with Crippen molar-refractivity contribution in [1.82, 2.24) is 4.90 Å². The maximum absolute atomic E-state index is 11.1. The van der Waals surface area contributed by atoms with Crippen molar-refractivity contribution in [3.05, 3.63) is 0 Å². The van der Waals surface area contributed by atoms with Crippen molar-refractivity contribution >= 4 is 5.78 Å². The largest absolute Gasteiger partial charge is 0.298 e. The van der Waals surface area contributed by atoms with E-state index < -0.39 is 0 Å². The minimum Gasteiger partial charge on any atom is -0.298 e. The van der Waals surface area contributed by atoms with Crippen molar-refractivity contribution in [3.63, 3.8) is 0 Å². The molecule has 2 rings (SSSR count). The molecule has 0 N–H and O–H groups in total. The van der Waals surface area contributed by atoms with Gasteiger partial charge < -0.3 is 0 Å². The highest BCUT2D eigenvalue weighted by molar-refractivity contribution is 5.82. The number of ketones is 1. The van der Waals surface area contributed by atoms with E-state index >= 15 is 0 Å². The van der Waals surface area contributed by atoms with Gasteiger partial charge in [0, 0.05) is 6.54 Å². The van der Waals surface area contributed by atoms with Gasteiger partial charge in [-0.25, -0.2) is 0 Å². The molecule has 2 fully saturated rings. The van der Waals surface area contributed by atoms with Gasteiger partial charge in [-0.3, -0.25) is 9.69 Å². The van der Waals surface area contributed by atoms with Gasteiger partial charge in [0.2, 0.25) is 0 Å². The monoisotopic (exact) mass is 139 g/mol. The van der Waals surface area contributed by atoms with Gasteiger partial charge in [-0.05, 0) is 32.2 Å². The summed E-state index contributed by atoms with van der Waals surface area (Å²) >= 11 is 0. The number of Topliss-reactive ketones (excluding diaryl/α,β-unsaturated/α-hetero) is 1. The van der Waals surface area contributed by atoms with Crippen LogP contribution < -0.4 is 0 Å². The van der Waals surface area contributed by atoms with Gasteiger partial charge in [0.15, 0.2) is 0 Å². The van der Waals surface area contributed by atoms with Crippen LogP contribution >= 0.6 is 0 Å². The third-order valence-corrected chi connectivity index (χ3v) is 2.80. The second-order valence-corrected chi connectivity index (χ2v) is 3.65. The standard InChI is InChI=1S/C8H13NO/c1-5(10)8-7-3-6(7)4-9(8)2/h6-8H,3-4H2,1-2H3/t6-,7-,8-/m1/s1. The fourth-order valence-corrected chi connectivity index (χ4v) is 2.29. The van der Waals surface area contributed by atoms with Gasteiger partial charge in [-0.15, -0.1) is 0 Å². The average molecular weight is 139 g/mol. The molecule has 0 unspecified atom stereocenters. The van der Waals surface area contributed by atoms with E-state index in [9.17, 15) is 4.79 Å². The molecule has 1 heterocycles. The number of hydrogen-bond donors (Lipinski definition) is 0. The Morgan fingerprint density at radius 2 is 2.30 bits per heavy atom. The van der Waals surface area contributed by atoms with Crippen LogP contribution in [0.2, 0.25) is 0 Å². The summed E-state index contributed by atoms with van der Waals surface area (Å²) in [4.78, 5) is 13.2. The van der Waals surface area contributed by atoms with Crippen molar-refractivity contribution < 1.29 is 4.79 Å². The molecule has 3 atom stereocenters. The number of likely N-dealkylation sites (tertiary alicyclic amines) is 1. The minimum absolute atomic E-state index is 0.269. The molecule has 0 radical (unpaired) electrons. The first kappa shape index (κ1) is 6.35. The van der Waals surface area contributed by atoms with E-state index in [1.807, 2.05) is 0 Å². The molecule has 1 aliphatic heterocycles. The summed E-state index contributed by atoms with van der Waals surface area (Å²) in [5.74, 6) is 1.94. The zero-order chi connectivity index (χ0) is 7.30. The van der Waals surface area contributed by atoms with Gasteiger partial charge in [0.05, 0.1) is 6.04 Å². The fraction of sp³-hybridized carbons (Fsp3) is 0.875. The van der Waals surface area contributed by atoms with E-state index in [-0.39, 0.29) is 6.04 Å². The summed E-state index contributed by atoms with van der Waals surface area (Å²) in [5, 5.41) is 0. The molecular formula is C8H13NO. The normalized spacial score (nSPS) is 45.2. The molecule has 2 aliphatic rings. The smallest absolute Gasteiger partial charge is 0.147 e. The van der Waals surface area contributed by atoms with E-state index in [2.05, 4.69) is 11.9 Å². The molecule has 2 heteroatoms. The first-order valence-corrected chi connectivity index (χ1v) is 3.91. The van der Waals surface area contributed by atoms with Crippen molar-refractivity contribution in [3.8, 4) is 0 Å². The Kier molecular flexibility index (Phi) is 1.15. The molecular weight excluding hydrogens is 126 g/mol. The van der Waals surface area contributed by atoms with Crippen molar-refractivity contribution in [2.24, 2.45) is 11.8 Å². The summed E-state index contributed by atoms with van der Waals surface area (Å²) in [5.41, 5.74) is 0. The number of hydrogen-bond acceptors (Lipinski definition) is 2. The third-order valence-electron chi connectivity index (χ3n) is 2.80. The number of likely N-dealkylation sites (N-methyl/N-ethyl adjacent to an activating group) is 1. The Balaban J connectivity index is 2.12. The van der Waals surface area contributed by atoms with Crippen LogP contribution in [0.4, 0.5) is 0 Å². The van der Waals surface area contributed by atoms with Crippen molar-refractivity contribution in [2.75, 3.05) is 13.6 Å². The number of fused-ring (bicyclic) bond motifs is 1. The topological polar surface area (TPSA) is 20.3 Å². The maximum Gasteiger partial charge on any atom is 0.147 e. The lowest BCUT2D eigenvalue weighted by atomic mass is 10.1. The van der Waals surface area contributed by atoms with Gasteiger partial charge in [-0.1, -0.05) is 0 Å². The molecule has 56 valence electrons. The highest BCUT2D eigenvalue weighted by Crippen LogP contribution is 2.48. The summed E-state index contributed by atoms with van der Waals surface area (Å²) < 4.78 is 0. The number of piperidine rings is 1. The predicted molar refractivity (Wildman–Crippen MR) is 38.7 cm³/mol. The van der Waals surface area contributed by atoms with Crippen LogP contribution in [0.5, 0.6) is 0 Å². The van der Waals surface area contributed by atoms with Crippen LogP contribution in [0, 0.1) is 11.8 Å². The Hall–Kier alpha value is -0.370. The molecule has 1 saturated carbocycles. The quantitative estimate of drug-likeness (QED) is 0.528. The molecule has 1 aliphatic carbocycles. The lowest BCUT2D eigenvalue weighted by molar-refractivity contribution is -0.121. The van der Waals surface area contributed by atoms with Crippen LogP contribution in [0.3, 0.4) is 0 Å². The molecule has 0 spiro atoms. The Morgan fingerprint density at radius 3 is 2.60 bits per heavy atom. The second kappa shape index (κ2) is 1.82. The predicted octanol–water partition coefficient (Wildman–Crippen LogP) is 0.526. The molecule has 10 heavy (non-hydrogen) atoms. The number of carbonyl (C=O) groups excluding carboxylic acids is 1. The molecule has 1 saturated heterocycles. The van der Waals surface area contributed by atoms with Crippen LogP contribution in [-0.2, 0) is 4.79 Å². The van der Waals surface area contributed by atoms with E-state index in [1.165, 1.54) is 6.42 Å². The van der Waals surface area contributed by atoms with Crippen molar-refractivity contribution in [1.29, 1.82) is 0 Å². The van der Waals surface area contributed by atoms with Crippen LogP contribution in [0.25, 0.3) is 0 Å². The Morgan fingerprint density at radius 1 is 1.60 bits per heavy atom. The molecule has 2 nitrogen and oxygen atoms in total. The van der Waals surface area contributed by atoms with E-state index in [1.54, 1.807) is 6.92 Å². The number of carbonyl (C=O) groups is 1. The number of rotatable bonds is 1. The Labute approximate surface area is 61.2 Å². The Bertz CT molecular complexity index is 176. The second-order valence-electron chi connectivity index (χ2n) is 3.65. The summed E-state index contributed by atoms with van der Waals surface area (Å²) in [6.07, 6.45) is 1.30. The summed E-state index contributed by atoms with van der Waals surface area (Å²) in [6.45, 7) is 2.86. The maximum atomic E-state index is 11.1. The zero-order valence-corrected chi connectivity index (χ0v) is 6.50. The lowest BCUT2D eigenvalue weighted by Gasteiger charge is -2.19. The summed E-state index contributed by atoms with van der Waals surface area (Å²) in [7, 11) is 2.05. The molecule has 0 aromatic heterocycles. The van der Waals surface area contributed by atoms with E-state index in [0.717, 1.165) is 18.4 Å². The van der Waals surface area contributed by atoms with Crippen LogP contribution in [0.1, 0.15) is 13.3 Å². The average Bonchev–Trinajstić information content (AvgIpc) is 2.42. The first-order chi connectivity index (χ1) is 4.70. The van der Waals surface area contributed by atoms with Gasteiger partial charge in [0.1, 0.15) is 5.78 Å². The van der Waals surface area contributed by atoms with Gasteiger partial charge in [0.25, 0.3) is 0 Å². The number of nitrogens with zero attached hydrogens (tertiary/aromatic N) is 1. The van der Waals surface area contributed by atoms with Crippen LogP contribution in [0.15, 0.2) is 0 Å². The molecule has 0 bridgehead atoms. The zero-order valence-electron chi connectivity index (χ0n) is 6.50. The lowest BCUT2D eigenvalue weighted by Crippen LogP contribution is -2.34. The first-order valence-electron chi connectivity index (χ1n) is 3.91. The molecule has 0 aromatic carbocycles. The SMILES string of the molecule is CC(=O)[C@@H]1[C@@H]2C[C@@H]2CN1C. The van der Waals surface area contributed by atoms with Crippen LogP contribution in [-0.4, -0.2) is 30.3 Å². The summed E-state index contributed by atoms with van der Waals surface area (Å²) in [6, 6.07) is 0.269. The fourth-order valence-electron chi connectivity index (χ4n) is 2.29. The van der Waals surface area contributed by atoms with Gasteiger partial charge >= 0.3 is 0 Å². The third kappa shape index (κ3) is 0.717.